The number of likely N-dealkylation sites (N-methyl/N-ethyl adjacent to an activating group) is 1. The molecule has 1 aromatic rings. The van der Waals surface area contributed by atoms with Gasteiger partial charge in [-0.15, -0.1) is 0 Å². The molecule has 1 heterocycles. The molecular formula is C16H21F3N2O4S. The van der Waals surface area contributed by atoms with Gasteiger partial charge in [0.05, 0.1) is 11.5 Å². The molecule has 1 aromatic carbocycles. The predicted molar refractivity (Wildman–Crippen MR) is 90.9 cm³/mol. The third-order valence-corrected chi connectivity index (χ3v) is 5.86. The lowest BCUT2D eigenvalue weighted by molar-refractivity contribution is -0.153. The molecule has 6 nitrogen and oxygen atoms in total. The summed E-state index contributed by atoms with van der Waals surface area (Å²) in [4.78, 5) is 13.9. The number of sulfone groups is 1. The van der Waals surface area contributed by atoms with Gasteiger partial charge in [-0.05, 0) is 37.6 Å². The smallest absolute Gasteiger partial charge is 0.422 e. The third kappa shape index (κ3) is 5.79. The Kier molecular flexibility index (Phi) is 6.05. The second kappa shape index (κ2) is 7.73. The highest BCUT2D eigenvalue weighted by Crippen LogP contribution is 2.21. The first-order chi connectivity index (χ1) is 12.0. The Morgan fingerprint density at radius 1 is 1.35 bits per heavy atom. The van der Waals surface area contributed by atoms with Gasteiger partial charge in [0, 0.05) is 18.8 Å². The molecule has 0 aliphatic carbocycles. The Hall–Kier alpha value is -1.97. The van der Waals surface area contributed by atoms with Gasteiger partial charge in [-0.25, -0.2) is 8.42 Å². The van der Waals surface area contributed by atoms with Crippen LogP contribution in [0.5, 0.6) is 5.75 Å². The molecule has 0 radical (unpaired) electrons. The Balaban J connectivity index is 1.90. The number of rotatable bonds is 6. The van der Waals surface area contributed by atoms with E-state index in [0.717, 1.165) is 0 Å². The van der Waals surface area contributed by atoms with Crippen molar-refractivity contribution in [2.75, 3.05) is 30.5 Å². The molecule has 0 unspecified atom stereocenters. The Bertz CT molecular complexity index is 735. The van der Waals surface area contributed by atoms with Crippen molar-refractivity contribution in [3.8, 4) is 5.75 Å². The fraction of sp³-hybridized carbons (Fsp3) is 0.562. The Morgan fingerprint density at radius 2 is 1.96 bits per heavy atom. The summed E-state index contributed by atoms with van der Waals surface area (Å²) in [6.07, 6.45) is -3.99. The van der Waals surface area contributed by atoms with Gasteiger partial charge in [-0.1, -0.05) is 0 Å². The van der Waals surface area contributed by atoms with E-state index in [9.17, 15) is 26.4 Å². The van der Waals surface area contributed by atoms with E-state index in [4.69, 9.17) is 0 Å². The zero-order chi connectivity index (χ0) is 19.5. The molecule has 26 heavy (non-hydrogen) atoms. The lowest BCUT2D eigenvalue weighted by Crippen LogP contribution is -2.45. The molecular weight excluding hydrogens is 373 g/mol. The van der Waals surface area contributed by atoms with Crippen molar-refractivity contribution < 1.29 is 31.1 Å². The number of benzene rings is 1. The van der Waals surface area contributed by atoms with Crippen LogP contribution in [0.15, 0.2) is 24.3 Å². The highest BCUT2D eigenvalue weighted by molar-refractivity contribution is 7.91. The summed E-state index contributed by atoms with van der Waals surface area (Å²) in [5.74, 6) is -0.145. The van der Waals surface area contributed by atoms with Crippen molar-refractivity contribution in [3.63, 3.8) is 0 Å². The summed E-state index contributed by atoms with van der Waals surface area (Å²) in [6.45, 7) is 0.264. The molecule has 2 rings (SSSR count). The maximum Gasteiger partial charge on any atom is 0.422 e. The second-order valence-electron chi connectivity index (χ2n) is 6.30. The largest absolute Gasteiger partial charge is 0.484 e. The Labute approximate surface area is 150 Å². The molecule has 2 atom stereocenters. The first-order valence-electron chi connectivity index (χ1n) is 8.00. The zero-order valence-corrected chi connectivity index (χ0v) is 15.2. The maximum atomic E-state index is 12.4. The van der Waals surface area contributed by atoms with Crippen molar-refractivity contribution in [1.29, 1.82) is 0 Å². The van der Waals surface area contributed by atoms with Crippen molar-refractivity contribution in [3.05, 3.63) is 24.3 Å². The number of anilines is 1. The normalized spacial score (nSPS) is 20.4. The van der Waals surface area contributed by atoms with E-state index in [-0.39, 0.29) is 29.2 Å². The molecule has 10 heteroatoms. The van der Waals surface area contributed by atoms with E-state index < -0.39 is 28.7 Å². The molecule has 0 bridgehead atoms. The Morgan fingerprint density at radius 3 is 2.46 bits per heavy atom. The monoisotopic (exact) mass is 394 g/mol. The summed E-state index contributed by atoms with van der Waals surface area (Å²) in [5, 5.41) is 2.95. The number of carbonyl (C=O) groups excluding carboxylic acids is 1. The molecule has 0 saturated carbocycles. The first kappa shape index (κ1) is 20.3. The lowest BCUT2D eigenvalue weighted by Gasteiger charge is -2.27. The zero-order valence-electron chi connectivity index (χ0n) is 14.4. The standard InChI is InChI=1S/C16H21F3N2O4S/c1-11(15(22)21(2)13-7-8-26(23,24)9-13)20-12-3-5-14(6-4-12)25-10-16(17,18)19/h3-6,11,13,20H,7-10H2,1-2H3/t11-,13-/m0/s1. The van der Waals surface area contributed by atoms with Crippen LogP contribution in [0.1, 0.15) is 13.3 Å². The van der Waals surface area contributed by atoms with E-state index in [0.29, 0.717) is 12.1 Å². The van der Waals surface area contributed by atoms with Gasteiger partial charge in [0.1, 0.15) is 11.8 Å². The van der Waals surface area contributed by atoms with Crippen LogP contribution < -0.4 is 10.1 Å². The number of hydrogen-bond donors (Lipinski definition) is 1. The topological polar surface area (TPSA) is 75.7 Å². The number of nitrogens with zero attached hydrogens (tertiary/aromatic N) is 1. The summed E-state index contributed by atoms with van der Waals surface area (Å²) in [6, 6.07) is 4.81. The number of ether oxygens (including phenoxy) is 1. The lowest BCUT2D eigenvalue weighted by atomic mass is 10.2. The highest BCUT2D eigenvalue weighted by atomic mass is 32.2. The molecule has 0 spiro atoms. The third-order valence-electron chi connectivity index (χ3n) is 4.11. The molecule has 1 N–H and O–H groups in total. The maximum absolute atomic E-state index is 12.4. The number of hydrogen-bond acceptors (Lipinski definition) is 5. The number of halogens is 3. The van der Waals surface area contributed by atoms with E-state index in [1.807, 2.05) is 0 Å². The van der Waals surface area contributed by atoms with E-state index in [1.165, 1.54) is 29.2 Å². The minimum atomic E-state index is -4.41. The van der Waals surface area contributed by atoms with Gasteiger partial charge in [0.15, 0.2) is 16.4 Å². The number of alkyl halides is 3. The van der Waals surface area contributed by atoms with Crippen molar-refractivity contribution in [1.82, 2.24) is 4.90 Å². The number of carbonyl (C=O) groups is 1. The first-order valence-corrected chi connectivity index (χ1v) is 9.82. The second-order valence-corrected chi connectivity index (χ2v) is 8.53. The van der Waals surface area contributed by atoms with Crippen molar-refractivity contribution in [2.45, 2.75) is 31.6 Å². The van der Waals surface area contributed by atoms with Gasteiger partial charge in [0.2, 0.25) is 5.91 Å². The van der Waals surface area contributed by atoms with Crippen molar-refractivity contribution >= 4 is 21.4 Å². The highest BCUT2D eigenvalue weighted by Gasteiger charge is 2.34. The molecule has 146 valence electrons. The van der Waals surface area contributed by atoms with Gasteiger partial charge in [-0.2, -0.15) is 13.2 Å². The van der Waals surface area contributed by atoms with Gasteiger partial charge >= 0.3 is 6.18 Å². The molecule has 1 aliphatic heterocycles. The van der Waals surface area contributed by atoms with E-state index >= 15 is 0 Å². The number of nitrogens with one attached hydrogen (secondary N) is 1. The van der Waals surface area contributed by atoms with Gasteiger partial charge in [0.25, 0.3) is 0 Å². The molecule has 1 aliphatic rings. The average Bonchev–Trinajstić information content (AvgIpc) is 2.92. The summed E-state index contributed by atoms with van der Waals surface area (Å²) < 4.78 is 64.0. The van der Waals surface area contributed by atoms with Crippen LogP contribution in [-0.4, -0.2) is 62.6 Å². The minimum absolute atomic E-state index is 0.0345. The van der Waals surface area contributed by atoms with Crippen LogP contribution in [0.3, 0.4) is 0 Å². The summed E-state index contributed by atoms with van der Waals surface area (Å²) in [5.41, 5.74) is 0.539. The fourth-order valence-electron chi connectivity index (χ4n) is 2.69. The predicted octanol–water partition coefficient (Wildman–Crippen LogP) is 2.07. The van der Waals surface area contributed by atoms with Crippen LogP contribution in [-0.2, 0) is 14.6 Å². The van der Waals surface area contributed by atoms with Crippen LogP contribution in [0.25, 0.3) is 0 Å². The summed E-state index contributed by atoms with van der Waals surface area (Å²) in [7, 11) is -1.52. The van der Waals surface area contributed by atoms with Gasteiger partial charge < -0.3 is 15.0 Å². The molecule has 1 amide bonds. The van der Waals surface area contributed by atoms with Crippen LogP contribution in [0, 0.1) is 0 Å². The summed E-state index contributed by atoms with van der Waals surface area (Å²) >= 11 is 0. The van der Waals surface area contributed by atoms with E-state index in [1.54, 1.807) is 14.0 Å². The van der Waals surface area contributed by atoms with Crippen molar-refractivity contribution in [2.24, 2.45) is 0 Å². The molecule has 0 aromatic heterocycles. The van der Waals surface area contributed by atoms with Gasteiger partial charge in [-0.3, -0.25) is 4.79 Å². The fourth-order valence-corrected chi connectivity index (χ4v) is 4.46. The SMILES string of the molecule is C[C@H](Nc1ccc(OCC(F)(F)F)cc1)C(=O)N(C)[C@H]1CCS(=O)(=O)C1. The quantitative estimate of drug-likeness (QED) is 0.800. The number of amides is 1. The van der Waals surface area contributed by atoms with Crippen LogP contribution in [0.2, 0.25) is 0 Å². The van der Waals surface area contributed by atoms with E-state index in [2.05, 4.69) is 10.1 Å². The molecule has 1 saturated heterocycles. The average molecular weight is 394 g/mol. The molecule has 1 fully saturated rings. The van der Waals surface area contributed by atoms with Crippen LogP contribution >= 0.6 is 0 Å². The van der Waals surface area contributed by atoms with Crippen LogP contribution in [0.4, 0.5) is 18.9 Å². The minimum Gasteiger partial charge on any atom is -0.484 e.